The van der Waals surface area contributed by atoms with Gasteiger partial charge in [-0.1, -0.05) is 48.0 Å². The lowest BCUT2D eigenvalue weighted by molar-refractivity contribution is 0.415. The fourth-order valence-corrected chi connectivity index (χ4v) is 1.82. The van der Waals surface area contributed by atoms with Gasteiger partial charge < -0.3 is 0 Å². The molecule has 1 unspecified atom stereocenters. The van der Waals surface area contributed by atoms with Crippen LogP contribution in [0.5, 0.6) is 0 Å². The third-order valence-electron chi connectivity index (χ3n) is 2.65. The molecule has 0 heterocycles. The molecule has 0 aliphatic carbocycles. The normalized spacial score (nSPS) is 14.5. The Bertz CT molecular complexity index is 103. The van der Waals surface area contributed by atoms with E-state index < -0.39 is 0 Å². The Morgan fingerprint density at radius 3 is 1.46 bits per heavy atom. The molecule has 0 saturated carbocycles. The second-order valence-electron chi connectivity index (χ2n) is 5.16. The first kappa shape index (κ1) is 13.0. The Balaban J connectivity index is 4.02. The highest BCUT2D eigenvalue weighted by atomic mass is 14.2. The number of hydrogen-bond donors (Lipinski definition) is 0. The molecule has 1 radical (unpaired) electrons. The fraction of sp³-hybridized carbons (Fsp3) is 0.923. The van der Waals surface area contributed by atoms with Crippen molar-refractivity contribution in [1.29, 1.82) is 0 Å². The molecule has 1 atom stereocenters. The second-order valence-corrected chi connectivity index (χ2v) is 5.16. The summed E-state index contributed by atoms with van der Waals surface area (Å²) in [6.07, 6.45) is 3.95. The molecule has 0 spiro atoms. The van der Waals surface area contributed by atoms with Crippen molar-refractivity contribution in [3.05, 3.63) is 5.92 Å². The van der Waals surface area contributed by atoms with Gasteiger partial charge in [0.05, 0.1) is 0 Å². The zero-order valence-corrected chi connectivity index (χ0v) is 10.4. The maximum Gasteiger partial charge on any atom is -0.0208 e. The van der Waals surface area contributed by atoms with Gasteiger partial charge in [-0.05, 0) is 36.5 Å². The highest BCUT2D eigenvalue weighted by Crippen LogP contribution is 2.30. The van der Waals surface area contributed by atoms with E-state index in [-0.39, 0.29) is 0 Å². The average Bonchev–Trinajstić information content (AvgIpc) is 2.00. The van der Waals surface area contributed by atoms with Crippen LogP contribution in [0.25, 0.3) is 0 Å². The molecule has 0 aliphatic heterocycles. The summed E-state index contributed by atoms with van der Waals surface area (Å²) in [5.74, 6) is 4.25. The van der Waals surface area contributed by atoms with Gasteiger partial charge in [0.2, 0.25) is 0 Å². The standard InChI is InChI=1S/C13H27/c1-7-12(6)13(8-10(2)3)9-11(4)5/h10-12H,7-9H2,1-6H3. The summed E-state index contributed by atoms with van der Waals surface area (Å²) >= 11 is 0. The van der Waals surface area contributed by atoms with Gasteiger partial charge in [-0.3, -0.25) is 0 Å². The van der Waals surface area contributed by atoms with E-state index in [0.29, 0.717) is 0 Å². The van der Waals surface area contributed by atoms with Crippen LogP contribution >= 0.6 is 0 Å². The summed E-state index contributed by atoms with van der Waals surface area (Å²) < 4.78 is 0. The van der Waals surface area contributed by atoms with Gasteiger partial charge in [0, 0.05) is 0 Å². The fourth-order valence-electron chi connectivity index (χ4n) is 1.82. The highest BCUT2D eigenvalue weighted by Gasteiger charge is 2.18. The summed E-state index contributed by atoms with van der Waals surface area (Å²) in [5, 5.41) is 0. The van der Waals surface area contributed by atoms with Gasteiger partial charge in [0.15, 0.2) is 0 Å². The lowest BCUT2D eigenvalue weighted by atomic mass is 9.80. The van der Waals surface area contributed by atoms with Crippen LogP contribution in [0, 0.1) is 23.7 Å². The zero-order chi connectivity index (χ0) is 10.4. The molecule has 0 N–H and O–H groups in total. The highest BCUT2D eigenvalue weighted by molar-refractivity contribution is 4.95. The molecule has 0 aliphatic rings. The lowest BCUT2D eigenvalue weighted by Gasteiger charge is -2.25. The summed E-state index contributed by atoms with van der Waals surface area (Å²) in [4.78, 5) is 0. The van der Waals surface area contributed by atoms with Crippen molar-refractivity contribution in [2.24, 2.45) is 17.8 Å². The van der Waals surface area contributed by atoms with Gasteiger partial charge in [0.1, 0.15) is 0 Å². The first-order valence-electron chi connectivity index (χ1n) is 5.81. The molecule has 79 valence electrons. The van der Waals surface area contributed by atoms with Gasteiger partial charge in [0.25, 0.3) is 0 Å². The summed E-state index contributed by atoms with van der Waals surface area (Å²) in [6.45, 7) is 14.0. The Kier molecular flexibility index (Phi) is 6.45. The van der Waals surface area contributed by atoms with Crippen LogP contribution in [0.3, 0.4) is 0 Å². The first-order valence-corrected chi connectivity index (χ1v) is 5.81. The average molecular weight is 183 g/mol. The summed E-state index contributed by atoms with van der Waals surface area (Å²) in [6, 6.07) is 0. The van der Waals surface area contributed by atoms with Crippen molar-refractivity contribution in [3.63, 3.8) is 0 Å². The van der Waals surface area contributed by atoms with Crippen molar-refractivity contribution in [1.82, 2.24) is 0 Å². The van der Waals surface area contributed by atoms with Crippen LogP contribution in [0.15, 0.2) is 0 Å². The molecule has 0 aromatic heterocycles. The minimum atomic E-state index is 0.822. The quantitative estimate of drug-likeness (QED) is 0.560. The van der Waals surface area contributed by atoms with E-state index in [2.05, 4.69) is 41.5 Å². The smallest absolute Gasteiger partial charge is 0.0208 e. The predicted molar refractivity (Wildman–Crippen MR) is 61.6 cm³/mol. The van der Waals surface area contributed by atoms with Gasteiger partial charge >= 0.3 is 0 Å². The minimum Gasteiger partial charge on any atom is -0.0651 e. The van der Waals surface area contributed by atoms with E-state index in [0.717, 1.165) is 17.8 Å². The Hall–Kier alpha value is 0. The molecular formula is C13H27. The Morgan fingerprint density at radius 2 is 1.23 bits per heavy atom. The first-order chi connectivity index (χ1) is 5.97. The van der Waals surface area contributed by atoms with Crippen molar-refractivity contribution in [3.8, 4) is 0 Å². The van der Waals surface area contributed by atoms with Crippen LogP contribution in [0.2, 0.25) is 0 Å². The van der Waals surface area contributed by atoms with E-state index in [1.54, 1.807) is 5.92 Å². The van der Waals surface area contributed by atoms with E-state index in [4.69, 9.17) is 0 Å². The van der Waals surface area contributed by atoms with Crippen LogP contribution in [-0.4, -0.2) is 0 Å². The molecule has 0 aromatic carbocycles. The van der Waals surface area contributed by atoms with E-state index in [1.807, 2.05) is 0 Å². The second kappa shape index (κ2) is 6.45. The molecule has 0 rings (SSSR count). The Labute approximate surface area is 85.1 Å². The van der Waals surface area contributed by atoms with Crippen LogP contribution in [0.4, 0.5) is 0 Å². The van der Waals surface area contributed by atoms with Crippen LogP contribution in [-0.2, 0) is 0 Å². The summed E-state index contributed by atoms with van der Waals surface area (Å²) in [7, 11) is 0. The monoisotopic (exact) mass is 183 g/mol. The zero-order valence-electron chi connectivity index (χ0n) is 10.4. The molecule has 0 fully saturated rings. The third kappa shape index (κ3) is 6.12. The minimum absolute atomic E-state index is 0.822. The molecule has 0 aromatic rings. The van der Waals surface area contributed by atoms with Gasteiger partial charge in [-0.25, -0.2) is 0 Å². The van der Waals surface area contributed by atoms with Crippen molar-refractivity contribution >= 4 is 0 Å². The molecular weight excluding hydrogens is 156 g/mol. The molecule has 0 heteroatoms. The maximum atomic E-state index is 2.38. The number of hydrogen-bond acceptors (Lipinski definition) is 0. The molecule has 0 saturated heterocycles. The Morgan fingerprint density at radius 1 is 0.846 bits per heavy atom. The van der Waals surface area contributed by atoms with E-state index in [9.17, 15) is 0 Å². The van der Waals surface area contributed by atoms with Crippen LogP contribution in [0.1, 0.15) is 60.8 Å². The lowest BCUT2D eigenvalue weighted by Crippen LogP contribution is -2.13. The van der Waals surface area contributed by atoms with Gasteiger partial charge in [-0.15, -0.1) is 0 Å². The topological polar surface area (TPSA) is 0 Å². The summed E-state index contributed by atoms with van der Waals surface area (Å²) in [5.41, 5.74) is 0. The SMILES string of the molecule is CCC(C)[C](CC(C)C)CC(C)C. The van der Waals surface area contributed by atoms with E-state index >= 15 is 0 Å². The predicted octanol–water partition coefficient (Wildman–Crippen LogP) is 4.70. The van der Waals surface area contributed by atoms with Crippen LogP contribution < -0.4 is 0 Å². The molecule has 13 heavy (non-hydrogen) atoms. The van der Waals surface area contributed by atoms with Crippen molar-refractivity contribution in [2.45, 2.75) is 60.8 Å². The molecule has 0 nitrogen and oxygen atoms in total. The number of rotatable bonds is 6. The van der Waals surface area contributed by atoms with Crippen molar-refractivity contribution < 1.29 is 0 Å². The largest absolute Gasteiger partial charge is 0.0651 e. The maximum absolute atomic E-state index is 2.38. The molecule has 0 bridgehead atoms. The van der Waals surface area contributed by atoms with Crippen molar-refractivity contribution in [2.75, 3.05) is 0 Å². The van der Waals surface area contributed by atoms with E-state index in [1.165, 1.54) is 19.3 Å². The third-order valence-corrected chi connectivity index (χ3v) is 2.65. The molecule has 0 amide bonds. The van der Waals surface area contributed by atoms with Gasteiger partial charge in [-0.2, -0.15) is 0 Å².